The van der Waals surface area contributed by atoms with Crippen LogP contribution in [0.4, 0.5) is 0 Å². The number of allylic oxidation sites excluding steroid dienone is 2. The van der Waals surface area contributed by atoms with Gasteiger partial charge in [0.2, 0.25) is 5.91 Å². The van der Waals surface area contributed by atoms with Crippen LogP contribution in [-0.4, -0.2) is 73.4 Å². The number of quaternary nitrogens is 1. The summed E-state index contributed by atoms with van der Waals surface area (Å²) in [5.74, 6) is -0.158. The topological polar surface area (TPSA) is 105 Å². The average molecular weight is 662 g/mol. The number of carbonyl (C=O) groups is 1. The van der Waals surface area contributed by atoms with Gasteiger partial charge in [0.05, 0.1) is 39.9 Å². The lowest BCUT2D eigenvalue weighted by Gasteiger charge is -2.26. The van der Waals surface area contributed by atoms with Crippen molar-refractivity contribution >= 4 is 13.7 Å². The number of amides is 1. The highest BCUT2D eigenvalue weighted by molar-refractivity contribution is 7.47. The highest BCUT2D eigenvalue weighted by Crippen LogP contribution is 2.43. The first kappa shape index (κ1) is 44.2. The fourth-order valence-corrected chi connectivity index (χ4v) is 5.95. The van der Waals surface area contributed by atoms with E-state index < -0.39 is 20.0 Å². The van der Waals surface area contributed by atoms with Crippen molar-refractivity contribution in [3.05, 3.63) is 12.2 Å². The second-order valence-electron chi connectivity index (χ2n) is 14.0. The van der Waals surface area contributed by atoms with Crippen LogP contribution in [0.5, 0.6) is 0 Å². The SMILES string of the molecule is CCCCCCCCC/C=C/CCCC[C@@H](O)[C@H](COP(=O)(O)OCC[N+](C)(C)C)NC(=O)CCCCCCCCCCCC. The molecule has 3 atom stereocenters. The fourth-order valence-electron chi connectivity index (χ4n) is 5.21. The van der Waals surface area contributed by atoms with Crippen LogP contribution in [0.3, 0.4) is 0 Å². The molecule has 0 aliphatic rings. The summed E-state index contributed by atoms with van der Waals surface area (Å²) in [5, 5.41) is 13.8. The van der Waals surface area contributed by atoms with Crippen LogP contribution in [0.15, 0.2) is 12.2 Å². The lowest BCUT2D eigenvalue weighted by molar-refractivity contribution is -0.870. The molecule has 0 fully saturated rings. The van der Waals surface area contributed by atoms with Crippen molar-refractivity contribution in [3.8, 4) is 0 Å². The van der Waals surface area contributed by atoms with E-state index in [-0.39, 0.29) is 19.1 Å². The zero-order valence-corrected chi connectivity index (χ0v) is 31.0. The van der Waals surface area contributed by atoms with Gasteiger partial charge in [0.15, 0.2) is 0 Å². The van der Waals surface area contributed by atoms with Gasteiger partial charge >= 0.3 is 7.82 Å². The number of phosphoric acid groups is 1. The van der Waals surface area contributed by atoms with Crippen LogP contribution >= 0.6 is 7.82 Å². The third kappa shape index (κ3) is 31.6. The largest absolute Gasteiger partial charge is 0.472 e. The Morgan fingerprint density at radius 3 is 1.71 bits per heavy atom. The first-order chi connectivity index (χ1) is 21.5. The highest BCUT2D eigenvalue weighted by Gasteiger charge is 2.28. The van der Waals surface area contributed by atoms with E-state index in [1.807, 2.05) is 21.1 Å². The fraction of sp³-hybridized carbons (Fsp3) is 0.917. The Morgan fingerprint density at radius 2 is 1.20 bits per heavy atom. The maximum Gasteiger partial charge on any atom is 0.472 e. The molecule has 0 bridgehead atoms. The van der Waals surface area contributed by atoms with Gasteiger partial charge in [-0.1, -0.05) is 129 Å². The number of phosphoric ester groups is 1. The van der Waals surface area contributed by atoms with Crippen molar-refractivity contribution < 1.29 is 32.9 Å². The van der Waals surface area contributed by atoms with Crippen molar-refractivity contribution in [2.24, 2.45) is 0 Å². The molecule has 0 aromatic carbocycles. The summed E-state index contributed by atoms with van der Waals surface area (Å²) in [7, 11) is 1.60. The molecule has 0 saturated carbocycles. The van der Waals surface area contributed by atoms with E-state index >= 15 is 0 Å². The number of hydrogen-bond acceptors (Lipinski definition) is 5. The monoisotopic (exact) mass is 662 g/mol. The summed E-state index contributed by atoms with van der Waals surface area (Å²) in [6.07, 6.45) is 29.5. The van der Waals surface area contributed by atoms with Gasteiger partial charge in [-0.05, 0) is 38.5 Å². The molecule has 0 radical (unpaired) electrons. The van der Waals surface area contributed by atoms with Gasteiger partial charge in [-0.25, -0.2) is 4.57 Å². The van der Waals surface area contributed by atoms with Gasteiger partial charge < -0.3 is 19.8 Å². The van der Waals surface area contributed by atoms with Crippen LogP contribution < -0.4 is 5.32 Å². The Hall–Kier alpha value is -0.760. The summed E-state index contributed by atoms with van der Waals surface area (Å²) < 4.78 is 23.4. The van der Waals surface area contributed by atoms with E-state index in [4.69, 9.17) is 9.05 Å². The molecule has 1 unspecified atom stereocenters. The zero-order chi connectivity index (χ0) is 33.7. The van der Waals surface area contributed by atoms with Crippen molar-refractivity contribution in [3.63, 3.8) is 0 Å². The maximum atomic E-state index is 12.7. The van der Waals surface area contributed by atoms with Gasteiger partial charge in [0.25, 0.3) is 0 Å². The number of aliphatic hydroxyl groups is 1. The number of nitrogens with one attached hydrogen (secondary N) is 1. The maximum absolute atomic E-state index is 12.7. The first-order valence-corrected chi connectivity index (χ1v) is 20.0. The van der Waals surface area contributed by atoms with Gasteiger partial charge in [-0.3, -0.25) is 13.8 Å². The molecule has 0 aliphatic carbocycles. The van der Waals surface area contributed by atoms with Crippen molar-refractivity contribution in [2.45, 2.75) is 174 Å². The smallest absolute Gasteiger partial charge is 0.391 e. The Kier molecular flexibility index (Phi) is 28.9. The van der Waals surface area contributed by atoms with Crippen molar-refractivity contribution in [2.75, 3.05) is 40.9 Å². The van der Waals surface area contributed by atoms with Gasteiger partial charge in [0, 0.05) is 6.42 Å². The molecule has 0 aromatic rings. The number of nitrogens with zero attached hydrogens (tertiary/aromatic N) is 1. The van der Waals surface area contributed by atoms with Crippen LogP contribution in [0.2, 0.25) is 0 Å². The normalized spacial score (nSPS) is 14.9. The molecular weight excluding hydrogens is 587 g/mol. The minimum Gasteiger partial charge on any atom is -0.391 e. The molecule has 9 heteroatoms. The summed E-state index contributed by atoms with van der Waals surface area (Å²) in [6, 6.07) is -0.768. The quantitative estimate of drug-likeness (QED) is 0.0280. The van der Waals surface area contributed by atoms with E-state index in [1.54, 1.807) is 0 Å². The predicted octanol–water partition coefficient (Wildman–Crippen LogP) is 9.24. The van der Waals surface area contributed by atoms with E-state index in [2.05, 4.69) is 31.3 Å². The second kappa shape index (κ2) is 29.4. The third-order valence-corrected chi connectivity index (χ3v) is 9.25. The summed E-state index contributed by atoms with van der Waals surface area (Å²) in [6.45, 7) is 4.82. The van der Waals surface area contributed by atoms with Gasteiger partial charge in [0.1, 0.15) is 13.2 Å². The molecule has 1 amide bonds. The Balaban J connectivity index is 4.53. The molecule has 8 nitrogen and oxygen atoms in total. The predicted molar refractivity (Wildman–Crippen MR) is 189 cm³/mol. The van der Waals surface area contributed by atoms with Crippen LogP contribution in [-0.2, 0) is 18.4 Å². The zero-order valence-electron chi connectivity index (χ0n) is 30.1. The van der Waals surface area contributed by atoms with Crippen LogP contribution in [0.1, 0.15) is 162 Å². The molecule has 45 heavy (non-hydrogen) atoms. The summed E-state index contributed by atoms with van der Waals surface area (Å²) >= 11 is 0. The highest BCUT2D eigenvalue weighted by atomic mass is 31.2. The van der Waals surface area contributed by atoms with Crippen LogP contribution in [0.25, 0.3) is 0 Å². The Bertz CT molecular complexity index is 758. The standard InChI is InChI=1S/C36H73N2O6P/c1-6-8-10-12-14-16-18-19-20-21-23-25-27-29-35(39)34(33-44-45(41,42)43-32-31-38(3,4)5)37-36(40)30-28-26-24-22-17-15-13-11-9-7-2/h20-21,34-35,39H,6-19,22-33H2,1-5H3,(H-,37,40,41,42)/p+1/b21-20+/t34-,35+/m0/s1. The van der Waals surface area contributed by atoms with E-state index in [0.29, 0.717) is 23.9 Å². The van der Waals surface area contributed by atoms with Crippen molar-refractivity contribution in [1.29, 1.82) is 0 Å². The molecule has 268 valence electrons. The molecule has 0 heterocycles. The molecule has 0 rings (SSSR count). The number of unbranched alkanes of at least 4 members (excludes halogenated alkanes) is 18. The second-order valence-corrected chi connectivity index (χ2v) is 15.4. The minimum absolute atomic E-state index is 0.0715. The van der Waals surface area contributed by atoms with Crippen molar-refractivity contribution in [1.82, 2.24) is 5.32 Å². The van der Waals surface area contributed by atoms with E-state index in [1.165, 1.54) is 89.9 Å². The lowest BCUT2D eigenvalue weighted by Crippen LogP contribution is -2.46. The number of rotatable bonds is 33. The van der Waals surface area contributed by atoms with E-state index in [9.17, 15) is 19.4 Å². The van der Waals surface area contributed by atoms with Gasteiger partial charge in [-0.15, -0.1) is 0 Å². The molecule has 0 aliphatic heterocycles. The average Bonchev–Trinajstić information content (AvgIpc) is 2.97. The Labute approximate surface area is 278 Å². The third-order valence-electron chi connectivity index (χ3n) is 8.26. The molecule has 0 aromatic heterocycles. The lowest BCUT2D eigenvalue weighted by atomic mass is 10.0. The van der Waals surface area contributed by atoms with E-state index in [0.717, 1.165) is 44.9 Å². The number of carbonyl (C=O) groups excluding carboxylic acids is 1. The van der Waals surface area contributed by atoms with Crippen LogP contribution in [0, 0.1) is 0 Å². The number of likely N-dealkylation sites (N-methyl/N-ethyl adjacent to an activating group) is 1. The molecular formula is C36H74N2O6P+. The summed E-state index contributed by atoms with van der Waals surface area (Å²) in [5.41, 5.74) is 0. The minimum atomic E-state index is -4.30. The number of hydrogen-bond donors (Lipinski definition) is 3. The molecule has 3 N–H and O–H groups in total. The first-order valence-electron chi connectivity index (χ1n) is 18.6. The molecule has 0 spiro atoms. The van der Waals surface area contributed by atoms with Gasteiger partial charge in [-0.2, -0.15) is 0 Å². The Morgan fingerprint density at radius 1 is 0.733 bits per heavy atom. The molecule has 0 saturated heterocycles. The summed E-state index contributed by atoms with van der Waals surface area (Å²) in [4.78, 5) is 22.9. The number of aliphatic hydroxyl groups excluding tert-OH is 1.